The minimum atomic E-state index is -1.21. The van der Waals surface area contributed by atoms with Crippen LogP contribution in [0.25, 0.3) is 21.8 Å². The summed E-state index contributed by atoms with van der Waals surface area (Å²) in [5, 5.41) is 16.7. The van der Waals surface area contributed by atoms with Gasteiger partial charge in [-0.2, -0.15) is 0 Å². The molecule has 2 heterocycles. The van der Waals surface area contributed by atoms with Crippen LogP contribution in [0.4, 0.5) is 16.2 Å². The monoisotopic (exact) mass is 451 g/mol. The standard InChI is InChI=1S/C25H17N5O4/c31-23(20-14-26-9-10-27-20)28-16-11-15(24(32)33)12-17(13-16)29-25(34)30-21-7-3-1-5-18(21)19-6-2-4-8-22(19)30/h1-14H,(H,28,31)(H,29,34)(H,32,33). The van der Waals surface area contributed by atoms with Crippen molar-refractivity contribution in [1.29, 1.82) is 0 Å². The predicted octanol–water partition coefficient (Wildman–Crippen LogP) is 4.62. The van der Waals surface area contributed by atoms with Gasteiger partial charge in [0.15, 0.2) is 0 Å². The zero-order chi connectivity index (χ0) is 23.7. The molecule has 0 radical (unpaired) electrons. The van der Waals surface area contributed by atoms with E-state index in [1.807, 2.05) is 48.5 Å². The van der Waals surface area contributed by atoms with Crippen molar-refractivity contribution < 1.29 is 19.5 Å². The molecule has 3 N–H and O–H groups in total. The molecule has 3 aromatic carbocycles. The zero-order valence-electron chi connectivity index (χ0n) is 17.6. The Labute approximate surface area is 192 Å². The fraction of sp³-hybridized carbons (Fsp3) is 0. The number of para-hydroxylation sites is 2. The lowest BCUT2D eigenvalue weighted by atomic mass is 10.1. The van der Waals surface area contributed by atoms with Gasteiger partial charge in [0.2, 0.25) is 0 Å². The van der Waals surface area contributed by atoms with Crippen molar-refractivity contribution >= 4 is 51.1 Å². The van der Waals surface area contributed by atoms with Crippen molar-refractivity contribution in [3.8, 4) is 0 Å². The van der Waals surface area contributed by atoms with Crippen LogP contribution in [0.3, 0.4) is 0 Å². The van der Waals surface area contributed by atoms with Gasteiger partial charge in [-0.3, -0.25) is 14.3 Å². The molecule has 0 aliphatic rings. The summed E-state index contributed by atoms with van der Waals surface area (Å²) in [5.41, 5.74) is 1.79. The Bertz CT molecular complexity index is 1520. The van der Waals surface area contributed by atoms with Crippen LogP contribution in [0.15, 0.2) is 85.3 Å². The molecule has 0 saturated carbocycles. The van der Waals surface area contributed by atoms with E-state index in [-0.39, 0.29) is 22.6 Å². The topological polar surface area (TPSA) is 126 Å². The average molecular weight is 451 g/mol. The number of carboxylic acid groups (broad SMARTS) is 1. The summed E-state index contributed by atoms with van der Waals surface area (Å²) in [6.45, 7) is 0. The van der Waals surface area contributed by atoms with Gasteiger partial charge in [0.1, 0.15) is 5.69 Å². The largest absolute Gasteiger partial charge is 0.478 e. The van der Waals surface area contributed by atoms with E-state index in [0.717, 1.165) is 10.8 Å². The van der Waals surface area contributed by atoms with E-state index in [0.29, 0.717) is 11.0 Å². The van der Waals surface area contributed by atoms with E-state index in [4.69, 9.17) is 0 Å². The van der Waals surface area contributed by atoms with Crippen LogP contribution in [0, 0.1) is 0 Å². The number of carbonyl (C=O) groups excluding carboxylic acids is 2. The highest BCUT2D eigenvalue weighted by Crippen LogP contribution is 2.29. The number of hydrogen-bond acceptors (Lipinski definition) is 5. The molecular formula is C25H17N5O4. The predicted molar refractivity (Wildman–Crippen MR) is 127 cm³/mol. The van der Waals surface area contributed by atoms with Gasteiger partial charge in [0.05, 0.1) is 22.8 Å². The molecule has 166 valence electrons. The van der Waals surface area contributed by atoms with Gasteiger partial charge in [-0.25, -0.2) is 14.6 Å². The van der Waals surface area contributed by atoms with Crippen LogP contribution >= 0.6 is 0 Å². The fourth-order valence-electron chi connectivity index (χ4n) is 3.83. The first-order chi connectivity index (χ1) is 16.5. The molecule has 9 nitrogen and oxygen atoms in total. The van der Waals surface area contributed by atoms with Gasteiger partial charge in [-0.1, -0.05) is 36.4 Å². The van der Waals surface area contributed by atoms with E-state index in [2.05, 4.69) is 20.6 Å². The highest BCUT2D eigenvalue weighted by molar-refractivity contribution is 6.15. The number of aromatic carboxylic acids is 1. The van der Waals surface area contributed by atoms with Gasteiger partial charge >= 0.3 is 12.0 Å². The number of benzene rings is 3. The lowest BCUT2D eigenvalue weighted by Gasteiger charge is -2.12. The van der Waals surface area contributed by atoms with Gasteiger partial charge in [-0.05, 0) is 30.3 Å². The fourth-order valence-corrected chi connectivity index (χ4v) is 3.83. The van der Waals surface area contributed by atoms with Crippen molar-refractivity contribution in [1.82, 2.24) is 14.5 Å². The van der Waals surface area contributed by atoms with Gasteiger partial charge in [-0.15, -0.1) is 0 Å². The maximum Gasteiger partial charge on any atom is 0.335 e. The third kappa shape index (κ3) is 3.82. The maximum atomic E-state index is 13.3. The summed E-state index contributed by atoms with van der Waals surface area (Å²) in [7, 11) is 0. The molecular weight excluding hydrogens is 434 g/mol. The average Bonchev–Trinajstić information content (AvgIpc) is 3.19. The molecule has 0 aliphatic heterocycles. The van der Waals surface area contributed by atoms with Crippen LogP contribution in [0.5, 0.6) is 0 Å². The number of hydrogen-bond donors (Lipinski definition) is 3. The molecule has 9 heteroatoms. The van der Waals surface area contributed by atoms with E-state index in [1.165, 1.54) is 41.4 Å². The SMILES string of the molecule is O=C(O)c1cc(NC(=O)c2cnccn2)cc(NC(=O)n2c3ccccc3c3ccccc32)c1. The molecule has 2 aromatic heterocycles. The van der Waals surface area contributed by atoms with Crippen LogP contribution in [-0.4, -0.2) is 37.5 Å². The summed E-state index contributed by atoms with van der Waals surface area (Å²) >= 11 is 0. The van der Waals surface area contributed by atoms with Crippen LogP contribution < -0.4 is 10.6 Å². The third-order valence-electron chi connectivity index (χ3n) is 5.27. The van der Waals surface area contributed by atoms with Crippen molar-refractivity contribution in [2.24, 2.45) is 0 Å². The Balaban J connectivity index is 1.51. The van der Waals surface area contributed by atoms with Gasteiger partial charge in [0, 0.05) is 34.5 Å². The van der Waals surface area contributed by atoms with Crippen LogP contribution in [0.2, 0.25) is 0 Å². The molecule has 0 fully saturated rings. The van der Waals surface area contributed by atoms with Crippen LogP contribution in [-0.2, 0) is 0 Å². The highest BCUT2D eigenvalue weighted by Gasteiger charge is 2.17. The Hall–Kier alpha value is -5.05. The molecule has 0 atom stereocenters. The van der Waals surface area contributed by atoms with E-state index in [1.54, 1.807) is 0 Å². The summed E-state index contributed by atoms with van der Waals surface area (Å²) in [4.78, 5) is 45.2. The molecule has 34 heavy (non-hydrogen) atoms. The molecule has 0 unspecified atom stereocenters. The number of amides is 2. The Morgan fingerprint density at radius 3 is 2.00 bits per heavy atom. The van der Waals surface area contributed by atoms with E-state index in [9.17, 15) is 19.5 Å². The second-order valence-electron chi connectivity index (χ2n) is 7.45. The first-order valence-electron chi connectivity index (χ1n) is 10.3. The smallest absolute Gasteiger partial charge is 0.335 e. The minimum Gasteiger partial charge on any atom is -0.478 e. The highest BCUT2D eigenvalue weighted by atomic mass is 16.4. The van der Waals surface area contributed by atoms with Gasteiger partial charge in [0.25, 0.3) is 5.91 Å². The first-order valence-corrected chi connectivity index (χ1v) is 10.3. The number of carboxylic acids is 1. The van der Waals surface area contributed by atoms with Gasteiger partial charge < -0.3 is 15.7 Å². The zero-order valence-corrected chi connectivity index (χ0v) is 17.6. The molecule has 0 spiro atoms. The second-order valence-corrected chi connectivity index (χ2v) is 7.45. The summed E-state index contributed by atoms with van der Waals surface area (Å²) in [6, 6.07) is 18.7. The number of rotatable bonds is 4. The molecule has 0 aliphatic carbocycles. The molecule has 5 aromatic rings. The molecule has 0 bridgehead atoms. The maximum absolute atomic E-state index is 13.3. The quantitative estimate of drug-likeness (QED) is 0.366. The Morgan fingerprint density at radius 1 is 0.794 bits per heavy atom. The van der Waals surface area contributed by atoms with Crippen molar-refractivity contribution in [2.45, 2.75) is 0 Å². The molecule has 5 rings (SSSR count). The second kappa shape index (κ2) is 8.47. The lowest BCUT2D eigenvalue weighted by molar-refractivity contribution is 0.0696. The first kappa shape index (κ1) is 20.8. The number of nitrogens with zero attached hydrogens (tertiary/aromatic N) is 3. The van der Waals surface area contributed by atoms with Crippen molar-refractivity contribution in [3.63, 3.8) is 0 Å². The molecule has 2 amide bonds. The Morgan fingerprint density at radius 2 is 1.41 bits per heavy atom. The number of aromatic nitrogens is 3. The van der Waals surface area contributed by atoms with Crippen molar-refractivity contribution in [3.05, 3.63) is 96.6 Å². The number of carbonyl (C=O) groups is 3. The number of anilines is 2. The molecule has 0 saturated heterocycles. The third-order valence-corrected chi connectivity index (χ3v) is 5.27. The summed E-state index contributed by atoms with van der Waals surface area (Å²) < 4.78 is 1.54. The lowest BCUT2D eigenvalue weighted by Crippen LogP contribution is -2.20. The number of fused-ring (bicyclic) bond motifs is 3. The van der Waals surface area contributed by atoms with E-state index >= 15 is 0 Å². The Kier molecular flexibility index (Phi) is 5.19. The minimum absolute atomic E-state index is 0.0686. The number of nitrogens with one attached hydrogen (secondary N) is 2. The van der Waals surface area contributed by atoms with Crippen molar-refractivity contribution in [2.75, 3.05) is 10.6 Å². The van der Waals surface area contributed by atoms with E-state index < -0.39 is 17.9 Å². The van der Waals surface area contributed by atoms with Crippen LogP contribution in [0.1, 0.15) is 20.8 Å². The normalized spacial score (nSPS) is 10.8. The summed E-state index contributed by atoms with van der Waals surface area (Å²) in [5.74, 6) is -1.77. The summed E-state index contributed by atoms with van der Waals surface area (Å²) in [6.07, 6.45) is 4.10.